The van der Waals surface area contributed by atoms with Crippen LogP contribution in [0.4, 0.5) is 0 Å². The lowest BCUT2D eigenvalue weighted by molar-refractivity contribution is -0.160. The van der Waals surface area contributed by atoms with Crippen molar-refractivity contribution >= 4 is 44.6 Å². The van der Waals surface area contributed by atoms with E-state index in [1.807, 2.05) is 84.9 Å². The summed E-state index contributed by atoms with van der Waals surface area (Å²) in [7, 11) is 0. The van der Waals surface area contributed by atoms with E-state index in [0.717, 1.165) is 33.9 Å². The van der Waals surface area contributed by atoms with E-state index in [1.54, 1.807) is 12.1 Å². The molecule has 0 bridgehead atoms. The van der Waals surface area contributed by atoms with Gasteiger partial charge in [-0.1, -0.05) is 91.0 Å². The fraction of sp³-hybridized carbons (Fsp3) is 0.114. The van der Waals surface area contributed by atoms with Gasteiger partial charge in [0, 0.05) is 50.2 Å². The second kappa shape index (κ2) is 9.31. The number of aromatic hydroxyl groups is 1. The number of nitrogens with zero attached hydrogens (tertiary/aromatic N) is 1. The summed E-state index contributed by atoms with van der Waals surface area (Å²) in [6.45, 7) is 3.02. The molecule has 5 heteroatoms. The van der Waals surface area contributed by atoms with Crippen molar-refractivity contribution in [3.05, 3.63) is 126 Å². The minimum absolute atomic E-state index is 0.124. The minimum atomic E-state index is -1.52. The molecule has 0 saturated carbocycles. The minimum Gasteiger partial charge on any atom is -0.507 e. The number of phenolic OH excluding ortho intramolecular Hbond substituents is 1. The van der Waals surface area contributed by atoms with E-state index < -0.39 is 11.6 Å². The second-order valence-electron chi connectivity index (χ2n) is 10.1. The average Bonchev–Trinajstić information content (AvgIpc) is 3.33. The summed E-state index contributed by atoms with van der Waals surface area (Å²) in [6, 6.07) is 33.2. The number of esters is 1. The van der Waals surface area contributed by atoms with Crippen molar-refractivity contribution in [2.45, 2.75) is 25.7 Å². The van der Waals surface area contributed by atoms with Crippen LogP contribution in [0.2, 0.25) is 0 Å². The molecule has 1 unspecified atom stereocenters. The Labute approximate surface area is 231 Å². The third kappa shape index (κ3) is 3.66. The molecule has 1 aliphatic rings. The molecule has 2 heterocycles. The lowest BCUT2D eigenvalue weighted by Gasteiger charge is -2.34. The van der Waals surface area contributed by atoms with Crippen LogP contribution in [0.25, 0.3) is 38.7 Å². The third-order valence-corrected chi connectivity index (χ3v) is 7.80. The quantitative estimate of drug-likeness (QED) is 0.234. The van der Waals surface area contributed by atoms with Gasteiger partial charge < -0.3 is 19.1 Å². The lowest BCUT2D eigenvalue weighted by Crippen LogP contribution is -2.42. The van der Waals surface area contributed by atoms with E-state index in [2.05, 4.69) is 29.7 Å². The van der Waals surface area contributed by atoms with E-state index >= 15 is 0 Å². The van der Waals surface area contributed by atoms with Crippen LogP contribution >= 0.6 is 0 Å². The first-order chi connectivity index (χ1) is 19.6. The first-order valence-electron chi connectivity index (χ1n) is 13.4. The molecular weight excluding hydrogens is 498 g/mol. The molecule has 0 aliphatic carbocycles. The SMILES string of the molecule is CCn1c2ccccc2c2ccc(C3(C(=O)OCc4ccccc4)C=Cc4cc(O)c5ccccc5c4O3)cc21. The number of para-hydroxylation sites is 1. The monoisotopic (exact) mass is 525 g/mol. The molecule has 1 aliphatic heterocycles. The maximum atomic E-state index is 14.1. The zero-order valence-electron chi connectivity index (χ0n) is 22.0. The summed E-state index contributed by atoms with van der Waals surface area (Å²) in [6.07, 6.45) is 3.59. The fourth-order valence-electron chi connectivity index (χ4n) is 5.82. The van der Waals surface area contributed by atoms with Crippen molar-refractivity contribution in [2.75, 3.05) is 0 Å². The number of carbonyl (C=O) groups excluding carboxylic acids is 1. The van der Waals surface area contributed by atoms with Crippen LogP contribution in [0.15, 0.2) is 109 Å². The summed E-state index contributed by atoms with van der Waals surface area (Å²) >= 11 is 0. The summed E-state index contributed by atoms with van der Waals surface area (Å²) in [5, 5.41) is 14.3. The van der Waals surface area contributed by atoms with Gasteiger partial charge in [0.25, 0.3) is 0 Å². The Morgan fingerprint density at radius 3 is 2.33 bits per heavy atom. The molecule has 196 valence electrons. The summed E-state index contributed by atoms with van der Waals surface area (Å²) in [4.78, 5) is 14.1. The van der Waals surface area contributed by atoms with E-state index in [-0.39, 0.29) is 12.4 Å². The third-order valence-electron chi connectivity index (χ3n) is 7.80. The molecule has 0 amide bonds. The van der Waals surface area contributed by atoms with Crippen LogP contribution in [0.5, 0.6) is 11.5 Å². The van der Waals surface area contributed by atoms with Crippen molar-refractivity contribution in [2.24, 2.45) is 0 Å². The highest BCUT2D eigenvalue weighted by Crippen LogP contribution is 2.45. The van der Waals surface area contributed by atoms with Gasteiger partial charge in [-0.15, -0.1) is 0 Å². The second-order valence-corrected chi connectivity index (χ2v) is 10.1. The molecular formula is C35H27NO4. The zero-order chi connectivity index (χ0) is 27.3. The maximum absolute atomic E-state index is 14.1. The first kappa shape index (κ1) is 24.0. The largest absolute Gasteiger partial charge is 0.507 e. The van der Waals surface area contributed by atoms with Crippen molar-refractivity contribution < 1.29 is 19.4 Å². The molecule has 7 rings (SSSR count). The zero-order valence-corrected chi connectivity index (χ0v) is 22.0. The Hall–Kier alpha value is -5.03. The molecule has 0 fully saturated rings. The van der Waals surface area contributed by atoms with Crippen molar-refractivity contribution in [1.82, 2.24) is 4.57 Å². The number of phenols is 1. The highest BCUT2D eigenvalue weighted by molar-refractivity contribution is 6.08. The normalized spacial score (nSPS) is 16.2. The van der Waals surface area contributed by atoms with E-state index in [1.165, 1.54) is 5.39 Å². The van der Waals surface area contributed by atoms with Crippen molar-refractivity contribution in [3.8, 4) is 11.5 Å². The van der Waals surface area contributed by atoms with Gasteiger partial charge in [-0.2, -0.15) is 0 Å². The van der Waals surface area contributed by atoms with Gasteiger partial charge in [-0.05, 0) is 36.8 Å². The molecule has 0 radical (unpaired) electrons. The number of ether oxygens (including phenoxy) is 2. The van der Waals surface area contributed by atoms with E-state index in [4.69, 9.17) is 9.47 Å². The van der Waals surface area contributed by atoms with E-state index in [9.17, 15) is 9.90 Å². The molecule has 5 nitrogen and oxygen atoms in total. The van der Waals surface area contributed by atoms with Gasteiger partial charge in [0.2, 0.25) is 5.60 Å². The Morgan fingerprint density at radius 2 is 1.52 bits per heavy atom. The standard InChI is InChI=1S/C35H27NO4/c1-2-36-30-15-9-8-12-26(30)27-17-16-25(21-31(27)36)35(34(38)39-22-23-10-4-3-5-11-23)19-18-24-20-32(37)28-13-6-7-14-29(28)33(24)40-35/h3-21,37H,2,22H2,1H3. The molecule has 40 heavy (non-hydrogen) atoms. The fourth-order valence-corrected chi connectivity index (χ4v) is 5.82. The molecule has 1 atom stereocenters. The van der Waals surface area contributed by atoms with Crippen LogP contribution in [0.1, 0.15) is 23.6 Å². The van der Waals surface area contributed by atoms with Gasteiger partial charge >= 0.3 is 5.97 Å². The topological polar surface area (TPSA) is 60.7 Å². The molecule has 5 aromatic carbocycles. The van der Waals surface area contributed by atoms with Crippen LogP contribution in [-0.4, -0.2) is 15.6 Å². The number of carbonyl (C=O) groups is 1. The maximum Gasteiger partial charge on any atom is 0.359 e. The first-order valence-corrected chi connectivity index (χ1v) is 13.4. The Balaban J connectivity index is 1.42. The van der Waals surface area contributed by atoms with Crippen LogP contribution in [-0.2, 0) is 28.3 Å². The Morgan fingerprint density at radius 1 is 0.825 bits per heavy atom. The van der Waals surface area contributed by atoms with Crippen molar-refractivity contribution in [1.29, 1.82) is 0 Å². The van der Waals surface area contributed by atoms with Gasteiger partial charge in [-0.3, -0.25) is 0 Å². The number of aromatic nitrogens is 1. The summed E-state index contributed by atoms with van der Waals surface area (Å²) < 4.78 is 14.9. The van der Waals surface area contributed by atoms with Gasteiger partial charge in [0.05, 0.1) is 0 Å². The number of benzene rings is 5. The van der Waals surface area contributed by atoms with Crippen LogP contribution < -0.4 is 4.74 Å². The molecule has 1 aromatic heterocycles. The van der Waals surface area contributed by atoms with Crippen LogP contribution in [0, 0.1) is 0 Å². The van der Waals surface area contributed by atoms with E-state index in [0.29, 0.717) is 22.3 Å². The highest BCUT2D eigenvalue weighted by atomic mass is 16.6. The van der Waals surface area contributed by atoms with Gasteiger partial charge in [-0.25, -0.2) is 4.79 Å². The number of aryl methyl sites for hydroxylation is 1. The smallest absolute Gasteiger partial charge is 0.359 e. The van der Waals surface area contributed by atoms with Crippen molar-refractivity contribution in [3.63, 3.8) is 0 Å². The number of hydrogen-bond acceptors (Lipinski definition) is 4. The Kier molecular flexibility index (Phi) is 5.60. The number of fused-ring (bicyclic) bond motifs is 6. The number of hydrogen-bond donors (Lipinski definition) is 1. The molecule has 6 aromatic rings. The van der Waals surface area contributed by atoms with Gasteiger partial charge in [0.15, 0.2) is 0 Å². The summed E-state index contributed by atoms with van der Waals surface area (Å²) in [5.41, 5.74) is 2.91. The number of rotatable bonds is 5. The van der Waals surface area contributed by atoms with Crippen LogP contribution in [0.3, 0.4) is 0 Å². The predicted molar refractivity (Wildman–Crippen MR) is 158 cm³/mol. The molecule has 1 N–H and O–H groups in total. The molecule has 0 saturated heterocycles. The highest BCUT2D eigenvalue weighted by Gasteiger charge is 2.45. The lowest BCUT2D eigenvalue weighted by atomic mass is 9.88. The van der Waals surface area contributed by atoms with Gasteiger partial charge in [0.1, 0.15) is 18.1 Å². The molecule has 0 spiro atoms. The predicted octanol–water partition coefficient (Wildman–Crippen LogP) is 7.72. The average molecular weight is 526 g/mol. The Bertz CT molecular complexity index is 1950. The summed E-state index contributed by atoms with van der Waals surface area (Å²) in [5.74, 6) is 0.188.